The number of ether oxygens (including phenoxy) is 1. The molecule has 3 saturated heterocycles. The quantitative estimate of drug-likeness (QED) is 0.0129. The fraction of sp³-hybridized carbons (Fsp3) is 0.562. The monoisotopic (exact) mass is 1700 g/mol. The first-order valence-electron chi connectivity index (χ1n) is 39.9. The molecule has 3 fully saturated rings. The number of benzene rings is 2. The number of carboxylic acid groups (broad SMARTS) is 3. The van der Waals surface area contributed by atoms with Gasteiger partial charge in [0, 0.05) is 94.8 Å². The first-order valence-corrected chi connectivity index (χ1v) is 43.5. The summed E-state index contributed by atoms with van der Waals surface area (Å²) < 4.78 is 23.3. The number of allylic oxidation sites excluding steroid dienone is 4. The van der Waals surface area contributed by atoms with Crippen LogP contribution in [0.15, 0.2) is 77.2 Å². The fourth-order valence-electron chi connectivity index (χ4n) is 15.8. The Bertz CT molecular complexity index is 4350. The van der Waals surface area contributed by atoms with Crippen molar-refractivity contribution in [2.75, 3.05) is 70.2 Å². The minimum atomic E-state index is -1.88. The third kappa shape index (κ3) is 26.0. The molecule has 2 aromatic carbocycles. The highest BCUT2D eigenvalue weighted by Gasteiger charge is 2.45. The van der Waals surface area contributed by atoms with Crippen molar-refractivity contribution in [1.29, 1.82) is 0 Å². The van der Waals surface area contributed by atoms with Gasteiger partial charge in [0.05, 0.1) is 60.8 Å². The Hall–Kier alpha value is -8.41. The third-order valence-electron chi connectivity index (χ3n) is 21.5. The van der Waals surface area contributed by atoms with E-state index >= 15 is 0 Å². The first kappa shape index (κ1) is 92.5. The van der Waals surface area contributed by atoms with E-state index in [9.17, 15) is 68.4 Å². The van der Waals surface area contributed by atoms with Crippen LogP contribution in [0, 0.1) is 24.7 Å². The van der Waals surface area contributed by atoms with E-state index in [-0.39, 0.29) is 93.6 Å². The predicted molar refractivity (Wildman–Crippen MR) is 444 cm³/mol. The number of rotatable bonds is 45. The number of nitrogens with zero attached hydrogens (tertiary/aromatic N) is 7. The summed E-state index contributed by atoms with van der Waals surface area (Å²) in [5.74, 6) is -0.913. The molecule has 33 nitrogen and oxygen atoms in total. The molecule has 2 aromatic heterocycles. The molecule has 0 radical (unpaired) electrons. The molecule has 5 heterocycles. The topological polar surface area (TPSA) is 468 Å². The number of carbonyl (C=O) groups is 10. The number of aliphatic imine (C=N–C) groups is 1. The van der Waals surface area contributed by atoms with E-state index in [0.29, 0.717) is 118 Å². The molecule has 4 aromatic rings. The molecule has 0 bridgehead atoms. The third-order valence-corrected chi connectivity index (χ3v) is 24.3. The number of aromatic nitrogens is 3. The summed E-state index contributed by atoms with van der Waals surface area (Å²) in [4.78, 5) is 158. The van der Waals surface area contributed by atoms with Crippen LogP contribution in [-0.4, -0.2) is 238 Å². The zero-order valence-corrected chi connectivity index (χ0v) is 70.5. The largest absolute Gasteiger partial charge is 0.481 e. The smallest absolute Gasteiger partial charge is 0.326 e. The van der Waals surface area contributed by atoms with Crippen molar-refractivity contribution >= 4 is 121 Å². The molecule has 13 N–H and O–H groups in total. The highest BCUT2D eigenvalue weighted by Crippen LogP contribution is 2.48. The van der Waals surface area contributed by atoms with E-state index in [2.05, 4.69) is 94.2 Å². The Labute approximate surface area is 690 Å². The fourth-order valence-corrected chi connectivity index (χ4v) is 18.0. The van der Waals surface area contributed by atoms with Crippen molar-refractivity contribution < 1.29 is 96.3 Å². The number of unbranched alkanes of at least 4 members (excludes halogenated alkanes) is 3. The van der Waals surface area contributed by atoms with Crippen LogP contribution in [0.2, 0.25) is 0 Å². The predicted octanol–water partition coefficient (Wildman–Crippen LogP) is 6.39. The van der Waals surface area contributed by atoms with Crippen LogP contribution in [0.3, 0.4) is 0 Å². The van der Waals surface area contributed by atoms with Crippen LogP contribution in [0.4, 0.5) is 5.82 Å². The molecule has 37 heteroatoms. The number of nitrogens with one attached hydrogen (secondary N) is 5. The number of aliphatic hydroxyl groups is 2. The summed E-state index contributed by atoms with van der Waals surface area (Å²) in [6, 6.07) is 6.50. The number of hydrogen-bond acceptors (Lipinski definition) is 23. The number of aliphatic hydroxyl groups excluding tert-OH is 2. The molecule has 12 unspecified atom stereocenters. The van der Waals surface area contributed by atoms with Gasteiger partial charge in [0.1, 0.15) is 54.5 Å². The summed E-state index contributed by atoms with van der Waals surface area (Å²) in [5.41, 5.74) is 17.2. The number of thioether (sulfide) groups is 1. The van der Waals surface area contributed by atoms with Crippen molar-refractivity contribution in [3.05, 3.63) is 111 Å². The van der Waals surface area contributed by atoms with Crippen LogP contribution in [0.5, 0.6) is 0 Å². The summed E-state index contributed by atoms with van der Waals surface area (Å²) in [6.07, 6.45) is 10.1. The van der Waals surface area contributed by atoms with Crippen molar-refractivity contribution in [3.63, 3.8) is 0 Å². The number of carbonyl (C=O) groups excluding carboxylic acids is 7. The van der Waals surface area contributed by atoms with Gasteiger partial charge in [-0.05, 0) is 143 Å². The van der Waals surface area contributed by atoms with Crippen molar-refractivity contribution in [3.8, 4) is 11.8 Å². The lowest BCUT2D eigenvalue weighted by Crippen LogP contribution is -2.57. The van der Waals surface area contributed by atoms with E-state index in [1.165, 1.54) is 45.9 Å². The Balaban J connectivity index is 0.773. The molecule has 0 saturated carbocycles. The summed E-state index contributed by atoms with van der Waals surface area (Å²) >= 11 is 1.53. The highest BCUT2D eigenvalue weighted by molar-refractivity contribution is 7.99. The molecule has 14 atom stereocenters. The van der Waals surface area contributed by atoms with Crippen molar-refractivity contribution in [2.45, 2.75) is 217 Å². The van der Waals surface area contributed by atoms with Gasteiger partial charge in [0.25, 0.3) is 5.91 Å². The molecule has 117 heavy (non-hydrogen) atoms. The lowest BCUT2D eigenvalue weighted by molar-refractivity contribution is -0.148. The maximum absolute atomic E-state index is 14.8. The maximum atomic E-state index is 14.8. The van der Waals surface area contributed by atoms with Gasteiger partial charge in [-0.2, -0.15) is 11.8 Å². The second kappa shape index (κ2) is 46.2. The molecule has 3 aliphatic heterocycles. The van der Waals surface area contributed by atoms with Gasteiger partial charge >= 0.3 is 17.9 Å². The minimum absolute atomic E-state index is 0.0155. The second-order valence-corrected chi connectivity index (χ2v) is 33.4. The molecule has 9 rings (SSSR count). The van der Waals surface area contributed by atoms with Gasteiger partial charge in [-0.15, -0.1) is 0 Å². The van der Waals surface area contributed by atoms with Crippen LogP contribution >= 0.6 is 38.9 Å². The van der Waals surface area contributed by atoms with Crippen molar-refractivity contribution in [2.24, 2.45) is 10.9 Å². The highest BCUT2D eigenvalue weighted by atomic mass is 32.2. The molecule has 0 spiro atoms. The van der Waals surface area contributed by atoms with Gasteiger partial charge < -0.3 is 86.4 Å². The molecule has 5 aliphatic rings. The number of fused-ring (bicyclic) bond motifs is 3. The minimum Gasteiger partial charge on any atom is -0.481 e. The molecular weight excluding hydrogens is 1590 g/mol. The average molecular weight is 1700 g/mol. The van der Waals surface area contributed by atoms with E-state index in [1.807, 2.05) is 30.4 Å². The van der Waals surface area contributed by atoms with Gasteiger partial charge in [0.2, 0.25) is 35.4 Å². The first-order chi connectivity index (χ1) is 56.3. The summed E-state index contributed by atoms with van der Waals surface area (Å²) in [7, 11) is 0.278. The lowest BCUT2D eigenvalue weighted by atomic mass is 9.65. The Morgan fingerprint density at radius 2 is 1.62 bits per heavy atom. The molecule has 7 amide bonds. The maximum Gasteiger partial charge on any atom is 0.326 e. The van der Waals surface area contributed by atoms with Gasteiger partial charge in [-0.3, -0.25) is 61.7 Å². The summed E-state index contributed by atoms with van der Waals surface area (Å²) in [6.45, 7) is 10.4. The zero-order chi connectivity index (χ0) is 84.2. The van der Waals surface area contributed by atoms with E-state index in [4.69, 9.17) is 38.6 Å². The van der Waals surface area contributed by atoms with Gasteiger partial charge in [-0.25, -0.2) is 14.8 Å². The Morgan fingerprint density at radius 3 is 2.38 bits per heavy atom. The molecule has 636 valence electrons. The van der Waals surface area contributed by atoms with Gasteiger partial charge in [-0.1, -0.05) is 80.0 Å². The Kier molecular flexibility index (Phi) is 36.5. The number of anilines is 1. The number of nitrogen functional groups attached to an aromatic ring is 1. The standard InChI is InChI=1S/C80H110N13O20P3S/c1-6-19-49-38-51-39-52-40-58(82-7-2)48(4)37-56(52)72(55(51)36-47(49)3)53-21-10-11-22-54(53)78(105)90(5)31-18-27-67(97)91-32-17-25-62(91)79(106)92-33-16-24-61(92)77(104)88-57(75(102)84-29-13-8-9-26-66(96)87-59(41-69(98)99)76(103)89-60(80(107)108)42-70(100)101)23-12-14-34-117-35-28-65(95)83-30-15-20-50-44-93(74-71(50)73(81)85-46-86-74)68-43-63(94)64(111-68)45-110-115-113-116-112-114-109/h10-11,21-22,36-38,40,44,46,56-57,59-64,68,72,79,94,106,109,114-116H,6-9,12-14,16-19,23-35,39,41-43,45H2,1-5H3,(H,83,95)(H,84,102)(H,87,96)(H,88,104)(H,89,103)(H,98,99)(H,100,101)(H,107,108)(H2,81,85,86)/b82-58+/t56?,57?,59?,60?,61?,62?,63?,64-,68-,72?,79?/m1/s1. The SMILES string of the molecule is CCCc1cc2c(cc1C)C(c1ccccc1C(=O)N(C)CCCC(=O)N1CCCC1C(O)N1CCCC1C(=O)NC(CCCCSCCC(=O)NCC#Cc1cn([C@H]3CC(O)[C@@H](COPOPOPO)O3)c3ncnc(N)c13)C(=O)NCCCCCC(=O)NC(CC(=O)O)C(=O)NC(CC(=O)O)C(=O)O)C1C=C(C)/C(=N/CC)C=C1C2. The molecular formula is C80H110N13O20P3S. The molecule has 2 aliphatic carbocycles. The lowest BCUT2D eigenvalue weighted by Gasteiger charge is -2.38. The van der Waals surface area contributed by atoms with E-state index in [0.717, 1.165) is 36.1 Å². The van der Waals surface area contributed by atoms with E-state index < -0.39 is 136 Å². The normalized spacial score (nSPS) is 20.7. The van der Waals surface area contributed by atoms with Gasteiger partial charge in [0.15, 0.2) is 27.1 Å². The van der Waals surface area contributed by atoms with Crippen LogP contribution < -0.4 is 32.3 Å². The van der Waals surface area contributed by atoms with Crippen LogP contribution in [0.25, 0.3) is 11.0 Å². The second-order valence-electron chi connectivity index (χ2n) is 29.8. The average Bonchev–Trinajstić information content (AvgIpc) is 1.53. The van der Waals surface area contributed by atoms with Crippen LogP contribution in [-0.2, 0) is 73.9 Å². The number of aliphatic carboxylic acids is 3. The number of likely N-dealkylation sites (tertiary alicyclic amines) is 2. The van der Waals surface area contributed by atoms with Crippen molar-refractivity contribution in [1.82, 2.24) is 55.8 Å². The Morgan fingerprint density at radius 1 is 0.838 bits per heavy atom. The zero-order valence-electron chi connectivity index (χ0n) is 66.6. The number of nitrogens with two attached hydrogens (primary N) is 1. The number of carboxylic acids is 3. The van der Waals surface area contributed by atoms with Crippen LogP contribution in [0.1, 0.15) is 192 Å². The number of aryl methyl sites for hydroxylation is 2. The number of hydrogen-bond donors (Lipinski definition) is 12. The van der Waals surface area contributed by atoms with E-state index in [1.54, 1.807) is 32.5 Å². The number of amides is 7. The summed E-state index contributed by atoms with van der Waals surface area (Å²) in [5, 5.41) is 64.3.